The summed E-state index contributed by atoms with van der Waals surface area (Å²) in [6.07, 6.45) is 5.44. The zero-order valence-corrected chi connectivity index (χ0v) is 12.4. The second-order valence-electron chi connectivity index (χ2n) is 4.77. The van der Waals surface area contributed by atoms with E-state index in [0.717, 1.165) is 24.8 Å². The van der Waals surface area contributed by atoms with Gasteiger partial charge in [-0.15, -0.1) is 0 Å². The van der Waals surface area contributed by atoms with Crippen molar-refractivity contribution in [3.63, 3.8) is 0 Å². The van der Waals surface area contributed by atoms with Gasteiger partial charge in [-0.1, -0.05) is 32.3 Å². The van der Waals surface area contributed by atoms with E-state index in [1.54, 1.807) is 12.1 Å². The monoisotopic (exact) mass is 278 g/mol. The summed E-state index contributed by atoms with van der Waals surface area (Å²) < 4.78 is 10.2. The van der Waals surface area contributed by atoms with E-state index in [4.69, 9.17) is 9.47 Å². The highest BCUT2D eigenvalue weighted by Crippen LogP contribution is 2.27. The van der Waals surface area contributed by atoms with E-state index in [9.17, 15) is 9.59 Å². The van der Waals surface area contributed by atoms with Crippen LogP contribution < -0.4 is 9.47 Å². The number of esters is 2. The third kappa shape index (κ3) is 5.87. The van der Waals surface area contributed by atoms with Gasteiger partial charge in [0.25, 0.3) is 0 Å². The Kier molecular flexibility index (Phi) is 6.77. The van der Waals surface area contributed by atoms with Crippen LogP contribution in [0.3, 0.4) is 0 Å². The van der Waals surface area contributed by atoms with Crippen LogP contribution in [0.15, 0.2) is 18.2 Å². The minimum atomic E-state index is -0.394. The largest absolute Gasteiger partial charge is 0.427 e. The quantitative estimate of drug-likeness (QED) is 0.434. The summed E-state index contributed by atoms with van der Waals surface area (Å²) in [6, 6.07) is 5.17. The zero-order valence-electron chi connectivity index (χ0n) is 12.4. The minimum Gasteiger partial charge on any atom is -0.427 e. The summed E-state index contributed by atoms with van der Waals surface area (Å²) >= 11 is 0. The molecule has 0 aliphatic heterocycles. The van der Waals surface area contributed by atoms with Gasteiger partial charge in [-0.2, -0.15) is 0 Å². The molecule has 4 nitrogen and oxygen atoms in total. The van der Waals surface area contributed by atoms with Gasteiger partial charge in [0.1, 0.15) is 11.5 Å². The number of rotatable bonds is 7. The maximum Gasteiger partial charge on any atom is 0.308 e. The van der Waals surface area contributed by atoms with E-state index in [0.29, 0.717) is 11.5 Å². The third-order valence-corrected chi connectivity index (χ3v) is 2.85. The van der Waals surface area contributed by atoms with Crippen molar-refractivity contribution in [2.45, 2.75) is 52.9 Å². The second-order valence-corrected chi connectivity index (χ2v) is 4.77. The fourth-order valence-electron chi connectivity index (χ4n) is 1.96. The number of carbonyl (C=O) groups is 2. The highest BCUT2D eigenvalue weighted by Gasteiger charge is 2.09. The summed E-state index contributed by atoms with van der Waals surface area (Å²) in [5.41, 5.74) is 0.965. The number of unbranched alkanes of at least 4 members (excludes halogenated alkanes) is 3. The summed E-state index contributed by atoms with van der Waals surface area (Å²) in [6.45, 7) is 4.86. The number of ether oxygens (including phenoxy) is 2. The molecule has 0 atom stereocenters. The standard InChI is InChI=1S/C16H22O4/c1-4-5-6-7-8-14-9-10-15(19-12(2)17)11-16(14)20-13(3)18/h9-11H,4-8H2,1-3H3. The molecule has 0 fully saturated rings. The predicted molar refractivity (Wildman–Crippen MR) is 76.9 cm³/mol. The highest BCUT2D eigenvalue weighted by atomic mass is 16.5. The Labute approximate surface area is 120 Å². The normalized spacial score (nSPS) is 10.2. The lowest BCUT2D eigenvalue weighted by atomic mass is 10.1. The average molecular weight is 278 g/mol. The van der Waals surface area contributed by atoms with E-state index in [1.807, 2.05) is 6.07 Å². The van der Waals surface area contributed by atoms with E-state index in [1.165, 1.54) is 26.7 Å². The van der Waals surface area contributed by atoms with Gasteiger partial charge < -0.3 is 9.47 Å². The molecule has 0 radical (unpaired) electrons. The number of carbonyl (C=O) groups excluding carboxylic acids is 2. The molecule has 0 aromatic heterocycles. The van der Waals surface area contributed by atoms with Crippen LogP contribution in [-0.4, -0.2) is 11.9 Å². The topological polar surface area (TPSA) is 52.6 Å². The van der Waals surface area contributed by atoms with Gasteiger partial charge in [-0.25, -0.2) is 0 Å². The van der Waals surface area contributed by atoms with Gasteiger partial charge in [-0.3, -0.25) is 9.59 Å². The molecule has 0 aliphatic carbocycles. The van der Waals surface area contributed by atoms with Gasteiger partial charge in [0.2, 0.25) is 0 Å². The van der Waals surface area contributed by atoms with Gasteiger partial charge >= 0.3 is 11.9 Å². The second kappa shape index (κ2) is 8.35. The molecule has 1 aromatic rings. The Morgan fingerprint density at radius 1 is 1.00 bits per heavy atom. The van der Waals surface area contributed by atoms with E-state index in [-0.39, 0.29) is 5.97 Å². The number of hydrogen-bond acceptors (Lipinski definition) is 4. The first kappa shape index (κ1) is 16.2. The molecule has 1 rings (SSSR count). The Hall–Kier alpha value is -1.84. The molecule has 1 aromatic carbocycles. The summed E-state index contributed by atoms with van der Waals surface area (Å²) in [5, 5.41) is 0. The molecule has 0 amide bonds. The van der Waals surface area contributed by atoms with Crippen LogP contribution >= 0.6 is 0 Å². The van der Waals surface area contributed by atoms with Crippen molar-refractivity contribution in [2.75, 3.05) is 0 Å². The lowest BCUT2D eigenvalue weighted by molar-refractivity contribution is -0.132. The molecular weight excluding hydrogens is 256 g/mol. The molecule has 0 unspecified atom stereocenters. The Morgan fingerprint density at radius 2 is 1.70 bits per heavy atom. The molecule has 0 spiro atoms. The first-order chi connectivity index (χ1) is 9.52. The molecule has 0 saturated heterocycles. The Balaban J connectivity index is 2.80. The fraction of sp³-hybridized carbons (Fsp3) is 0.500. The van der Waals surface area contributed by atoms with Gasteiger partial charge in [0.05, 0.1) is 0 Å². The minimum absolute atomic E-state index is 0.375. The van der Waals surface area contributed by atoms with Crippen molar-refractivity contribution in [3.05, 3.63) is 23.8 Å². The van der Waals surface area contributed by atoms with Crippen molar-refractivity contribution >= 4 is 11.9 Å². The van der Waals surface area contributed by atoms with Gasteiger partial charge in [0, 0.05) is 19.9 Å². The molecule has 20 heavy (non-hydrogen) atoms. The maximum atomic E-state index is 11.1. The van der Waals surface area contributed by atoms with E-state index in [2.05, 4.69) is 6.92 Å². The molecule has 0 bridgehead atoms. The van der Waals surface area contributed by atoms with Gasteiger partial charge in [-0.05, 0) is 24.5 Å². The lowest BCUT2D eigenvalue weighted by Crippen LogP contribution is -2.06. The molecule has 0 aliphatic rings. The van der Waals surface area contributed by atoms with Crippen LogP contribution in [0.1, 0.15) is 52.0 Å². The predicted octanol–water partition coefficient (Wildman–Crippen LogP) is 3.66. The molecule has 110 valence electrons. The van der Waals surface area contributed by atoms with Crippen molar-refractivity contribution in [2.24, 2.45) is 0 Å². The maximum absolute atomic E-state index is 11.1. The number of benzene rings is 1. The summed E-state index contributed by atoms with van der Waals surface area (Å²) in [4.78, 5) is 22.1. The Morgan fingerprint density at radius 3 is 2.30 bits per heavy atom. The van der Waals surface area contributed by atoms with Crippen LogP contribution in [0.25, 0.3) is 0 Å². The first-order valence-corrected chi connectivity index (χ1v) is 7.02. The van der Waals surface area contributed by atoms with Crippen molar-refractivity contribution in [3.8, 4) is 11.5 Å². The number of hydrogen-bond donors (Lipinski definition) is 0. The molecule has 0 heterocycles. The first-order valence-electron chi connectivity index (χ1n) is 7.02. The van der Waals surface area contributed by atoms with Crippen LogP contribution in [0, 0.1) is 0 Å². The molecule has 0 N–H and O–H groups in total. The average Bonchev–Trinajstić information content (AvgIpc) is 2.35. The molecule has 0 saturated carbocycles. The SMILES string of the molecule is CCCCCCc1ccc(OC(C)=O)cc1OC(C)=O. The summed E-state index contributed by atoms with van der Waals surface area (Å²) in [5.74, 6) is 0.105. The van der Waals surface area contributed by atoms with Crippen LogP contribution in [0.2, 0.25) is 0 Å². The van der Waals surface area contributed by atoms with Gasteiger partial charge in [0.15, 0.2) is 0 Å². The zero-order chi connectivity index (χ0) is 15.0. The smallest absolute Gasteiger partial charge is 0.308 e. The van der Waals surface area contributed by atoms with E-state index < -0.39 is 5.97 Å². The number of aryl methyl sites for hydroxylation is 1. The summed E-state index contributed by atoms with van der Waals surface area (Å²) in [7, 11) is 0. The third-order valence-electron chi connectivity index (χ3n) is 2.85. The van der Waals surface area contributed by atoms with Crippen LogP contribution in [0.4, 0.5) is 0 Å². The fourth-order valence-corrected chi connectivity index (χ4v) is 1.96. The molecular formula is C16H22O4. The van der Waals surface area contributed by atoms with Crippen molar-refractivity contribution < 1.29 is 19.1 Å². The van der Waals surface area contributed by atoms with E-state index >= 15 is 0 Å². The van der Waals surface area contributed by atoms with Crippen molar-refractivity contribution in [1.82, 2.24) is 0 Å². The van der Waals surface area contributed by atoms with Crippen molar-refractivity contribution in [1.29, 1.82) is 0 Å². The Bertz CT molecular complexity index is 466. The van der Waals surface area contributed by atoms with Crippen LogP contribution in [-0.2, 0) is 16.0 Å². The molecule has 4 heteroatoms. The van der Waals surface area contributed by atoms with Crippen LogP contribution in [0.5, 0.6) is 11.5 Å². The lowest BCUT2D eigenvalue weighted by Gasteiger charge is -2.11. The highest BCUT2D eigenvalue weighted by molar-refractivity contribution is 5.71.